The molecule has 0 saturated heterocycles. The van der Waals surface area contributed by atoms with E-state index in [1.165, 1.54) is 5.56 Å². The number of hydrogen-bond acceptors (Lipinski definition) is 2. The Balaban J connectivity index is 1.73. The Morgan fingerprint density at radius 1 is 1.00 bits per heavy atom. The zero-order valence-electron chi connectivity index (χ0n) is 14.2. The first-order valence-electron chi connectivity index (χ1n) is 8.17. The monoisotopic (exact) mass is 350 g/mol. The van der Waals surface area contributed by atoms with E-state index in [2.05, 4.69) is 24.1 Å². The van der Waals surface area contributed by atoms with Gasteiger partial charge in [-0.2, -0.15) is 0 Å². The van der Waals surface area contributed by atoms with E-state index in [1.807, 2.05) is 48.5 Å². The summed E-state index contributed by atoms with van der Waals surface area (Å²) in [5, 5.41) is 3.53. The van der Waals surface area contributed by atoms with Crippen molar-refractivity contribution >= 4 is 23.2 Å². The molecule has 1 aromatic heterocycles. The lowest BCUT2D eigenvalue weighted by Crippen LogP contribution is -2.12. The first kappa shape index (κ1) is 17.2. The fraction of sp³-hybridized carbons (Fsp3) is 0.143. The second-order valence-corrected chi connectivity index (χ2v) is 6.55. The van der Waals surface area contributed by atoms with Crippen LogP contribution < -0.4 is 5.32 Å². The molecule has 0 aliphatic heterocycles. The number of aromatic nitrogens is 1. The largest absolute Gasteiger partial charge is 0.322 e. The van der Waals surface area contributed by atoms with Crippen molar-refractivity contribution in [1.29, 1.82) is 0 Å². The molecule has 3 nitrogen and oxygen atoms in total. The maximum absolute atomic E-state index is 12.4. The molecule has 0 unspecified atom stereocenters. The van der Waals surface area contributed by atoms with Crippen LogP contribution in [-0.2, 0) is 0 Å². The van der Waals surface area contributed by atoms with Crippen molar-refractivity contribution in [2.75, 3.05) is 5.32 Å². The van der Waals surface area contributed by atoms with Crippen LogP contribution in [0.4, 0.5) is 5.69 Å². The molecule has 1 N–H and O–H groups in total. The van der Waals surface area contributed by atoms with Gasteiger partial charge >= 0.3 is 0 Å². The summed E-state index contributed by atoms with van der Waals surface area (Å²) >= 11 is 6.18. The maximum atomic E-state index is 12.4. The number of rotatable bonds is 4. The van der Waals surface area contributed by atoms with Gasteiger partial charge in [-0.05, 0) is 41.8 Å². The van der Waals surface area contributed by atoms with Crippen LogP contribution in [0.15, 0.2) is 66.9 Å². The Bertz CT molecular complexity index is 871. The van der Waals surface area contributed by atoms with Gasteiger partial charge in [0.1, 0.15) is 0 Å². The molecule has 0 atom stereocenters. The summed E-state index contributed by atoms with van der Waals surface area (Å²) in [5.41, 5.74) is 4.10. The molecular formula is C21H19ClN2O. The summed E-state index contributed by atoms with van der Waals surface area (Å²) in [4.78, 5) is 16.7. The van der Waals surface area contributed by atoms with E-state index in [0.717, 1.165) is 16.9 Å². The maximum Gasteiger partial charge on any atom is 0.257 e. The molecule has 0 aliphatic rings. The number of nitrogens with one attached hydrogen (secondary N) is 1. The van der Waals surface area contributed by atoms with Crippen molar-refractivity contribution in [3.63, 3.8) is 0 Å². The molecule has 1 amide bonds. The standard InChI is InChI=1S/C21H19ClN2O/c1-14(2)15-7-10-17(11-8-15)24-21(25)16-9-12-20(23-13-16)18-5-3-4-6-19(18)22/h3-14H,1-2H3,(H,24,25). The molecule has 0 aliphatic carbocycles. The number of hydrogen-bond donors (Lipinski definition) is 1. The molecule has 0 spiro atoms. The molecule has 1 heterocycles. The zero-order valence-corrected chi connectivity index (χ0v) is 14.9. The van der Waals surface area contributed by atoms with E-state index < -0.39 is 0 Å². The number of carbonyl (C=O) groups is 1. The van der Waals surface area contributed by atoms with Crippen LogP contribution >= 0.6 is 11.6 Å². The lowest BCUT2D eigenvalue weighted by Gasteiger charge is -2.09. The van der Waals surface area contributed by atoms with Crippen molar-refractivity contribution in [2.24, 2.45) is 0 Å². The van der Waals surface area contributed by atoms with Gasteiger partial charge in [-0.25, -0.2) is 0 Å². The van der Waals surface area contributed by atoms with Crippen LogP contribution in [0.25, 0.3) is 11.3 Å². The Kier molecular flexibility index (Phi) is 5.15. The summed E-state index contributed by atoms with van der Waals surface area (Å²) < 4.78 is 0. The third-order valence-electron chi connectivity index (χ3n) is 4.01. The highest BCUT2D eigenvalue weighted by atomic mass is 35.5. The average Bonchev–Trinajstić information content (AvgIpc) is 2.63. The van der Waals surface area contributed by atoms with Crippen molar-refractivity contribution in [3.05, 3.63) is 83.0 Å². The van der Waals surface area contributed by atoms with Gasteiger partial charge in [0.2, 0.25) is 0 Å². The highest BCUT2D eigenvalue weighted by molar-refractivity contribution is 6.33. The average molecular weight is 351 g/mol. The smallest absolute Gasteiger partial charge is 0.257 e. The third-order valence-corrected chi connectivity index (χ3v) is 4.34. The minimum absolute atomic E-state index is 0.185. The molecule has 3 aromatic rings. The molecule has 0 bridgehead atoms. The van der Waals surface area contributed by atoms with Gasteiger partial charge in [-0.15, -0.1) is 0 Å². The SMILES string of the molecule is CC(C)c1ccc(NC(=O)c2ccc(-c3ccccc3Cl)nc2)cc1. The number of anilines is 1. The Morgan fingerprint density at radius 3 is 2.32 bits per heavy atom. The second kappa shape index (κ2) is 7.49. The summed E-state index contributed by atoms with van der Waals surface area (Å²) in [7, 11) is 0. The predicted octanol–water partition coefficient (Wildman–Crippen LogP) is 5.78. The number of carbonyl (C=O) groups excluding carboxylic acids is 1. The van der Waals surface area contributed by atoms with Gasteiger partial charge in [0.05, 0.1) is 11.3 Å². The van der Waals surface area contributed by atoms with Crippen LogP contribution in [0.2, 0.25) is 5.02 Å². The van der Waals surface area contributed by atoms with E-state index in [4.69, 9.17) is 11.6 Å². The molecule has 0 saturated carbocycles. The number of amides is 1. The molecule has 0 radical (unpaired) electrons. The minimum atomic E-state index is -0.185. The Labute approximate surface area is 152 Å². The van der Waals surface area contributed by atoms with Crippen LogP contribution in [0, 0.1) is 0 Å². The van der Waals surface area contributed by atoms with Crippen LogP contribution in [0.1, 0.15) is 35.7 Å². The summed E-state index contributed by atoms with van der Waals surface area (Å²) in [5.74, 6) is 0.279. The highest BCUT2D eigenvalue weighted by Gasteiger charge is 2.09. The van der Waals surface area contributed by atoms with Gasteiger partial charge in [0.25, 0.3) is 5.91 Å². The quantitative estimate of drug-likeness (QED) is 0.648. The van der Waals surface area contributed by atoms with Crippen LogP contribution in [0.3, 0.4) is 0 Å². The summed E-state index contributed by atoms with van der Waals surface area (Å²) in [6.07, 6.45) is 1.57. The number of nitrogens with zero attached hydrogens (tertiary/aromatic N) is 1. The minimum Gasteiger partial charge on any atom is -0.322 e. The molecule has 2 aromatic carbocycles. The van der Waals surface area contributed by atoms with Gasteiger partial charge in [-0.3, -0.25) is 9.78 Å². The molecule has 25 heavy (non-hydrogen) atoms. The van der Waals surface area contributed by atoms with Crippen molar-refractivity contribution in [3.8, 4) is 11.3 Å². The number of benzene rings is 2. The fourth-order valence-electron chi connectivity index (χ4n) is 2.51. The summed E-state index contributed by atoms with van der Waals surface area (Å²) in [6, 6.07) is 18.9. The predicted molar refractivity (Wildman–Crippen MR) is 103 cm³/mol. The lowest BCUT2D eigenvalue weighted by molar-refractivity contribution is 0.102. The molecule has 4 heteroatoms. The summed E-state index contributed by atoms with van der Waals surface area (Å²) in [6.45, 7) is 4.28. The zero-order chi connectivity index (χ0) is 17.8. The van der Waals surface area contributed by atoms with Gasteiger partial charge < -0.3 is 5.32 Å². The van der Waals surface area contributed by atoms with Crippen molar-refractivity contribution in [2.45, 2.75) is 19.8 Å². The molecule has 126 valence electrons. The van der Waals surface area contributed by atoms with E-state index in [-0.39, 0.29) is 5.91 Å². The van der Waals surface area contributed by atoms with Crippen molar-refractivity contribution < 1.29 is 4.79 Å². The van der Waals surface area contributed by atoms with Crippen LogP contribution in [-0.4, -0.2) is 10.9 Å². The highest BCUT2D eigenvalue weighted by Crippen LogP contribution is 2.26. The van der Waals surface area contributed by atoms with E-state index >= 15 is 0 Å². The van der Waals surface area contributed by atoms with Gasteiger partial charge in [-0.1, -0.05) is 55.8 Å². The molecule has 0 fully saturated rings. The topological polar surface area (TPSA) is 42.0 Å². The second-order valence-electron chi connectivity index (χ2n) is 6.14. The van der Waals surface area contributed by atoms with Gasteiger partial charge in [0, 0.05) is 22.5 Å². The first-order chi connectivity index (χ1) is 12.0. The van der Waals surface area contributed by atoms with E-state index in [9.17, 15) is 4.79 Å². The first-order valence-corrected chi connectivity index (χ1v) is 8.54. The molecule has 3 rings (SSSR count). The Morgan fingerprint density at radius 2 is 1.72 bits per heavy atom. The van der Waals surface area contributed by atoms with E-state index in [0.29, 0.717) is 16.5 Å². The fourth-order valence-corrected chi connectivity index (χ4v) is 2.74. The normalized spacial score (nSPS) is 10.7. The third kappa shape index (κ3) is 4.06. The van der Waals surface area contributed by atoms with Gasteiger partial charge in [0.15, 0.2) is 0 Å². The van der Waals surface area contributed by atoms with E-state index in [1.54, 1.807) is 18.3 Å². The molecular weight excluding hydrogens is 332 g/mol. The Hall–Kier alpha value is -2.65. The van der Waals surface area contributed by atoms with Crippen molar-refractivity contribution in [1.82, 2.24) is 4.98 Å². The number of halogens is 1. The lowest BCUT2D eigenvalue weighted by atomic mass is 10.0. The number of pyridine rings is 1. The van der Waals surface area contributed by atoms with Crippen LogP contribution in [0.5, 0.6) is 0 Å².